The number of fused-ring (bicyclic) bond motifs is 1. The number of benzene rings is 1. The van der Waals surface area contributed by atoms with Crippen molar-refractivity contribution in [3.8, 4) is 0 Å². The number of methoxy groups -OCH3 is 1. The number of amidine groups is 1. The average molecular weight is 402 g/mol. The molecule has 1 aromatic carbocycles. The van der Waals surface area contributed by atoms with Crippen LogP contribution >= 0.6 is 11.8 Å². The molecular formula is C21H27N3O3S. The minimum Gasteiger partial charge on any atom is -0.466 e. The van der Waals surface area contributed by atoms with Crippen molar-refractivity contribution < 1.29 is 14.3 Å². The first-order valence-corrected chi connectivity index (χ1v) is 10.8. The highest BCUT2D eigenvalue weighted by atomic mass is 32.2. The summed E-state index contributed by atoms with van der Waals surface area (Å²) < 4.78 is 5.11. The zero-order chi connectivity index (χ0) is 20.1. The van der Waals surface area contributed by atoms with Crippen LogP contribution in [-0.2, 0) is 14.3 Å². The number of nitrogens with one attached hydrogen (secondary N) is 1. The van der Waals surface area contributed by atoms with E-state index in [1.165, 1.54) is 7.11 Å². The van der Waals surface area contributed by atoms with Crippen molar-refractivity contribution in [3.63, 3.8) is 0 Å². The molecule has 1 fully saturated rings. The molecule has 1 aromatic rings. The molecule has 0 spiro atoms. The minimum atomic E-state index is -0.347. The molecule has 0 bridgehead atoms. The third-order valence-electron chi connectivity index (χ3n) is 4.85. The number of hydrogen-bond acceptors (Lipinski definition) is 6. The third-order valence-corrected chi connectivity index (χ3v) is 5.93. The van der Waals surface area contributed by atoms with Gasteiger partial charge < -0.3 is 15.0 Å². The fourth-order valence-corrected chi connectivity index (χ4v) is 4.59. The molecular weight excluding hydrogens is 374 g/mol. The monoisotopic (exact) mass is 401 g/mol. The van der Waals surface area contributed by atoms with Gasteiger partial charge in [0.25, 0.3) is 0 Å². The lowest BCUT2D eigenvalue weighted by molar-refractivity contribution is -0.137. The minimum absolute atomic E-state index is 0.00273. The van der Waals surface area contributed by atoms with Crippen molar-refractivity contribution in [2.75, 3.05) is 24.7 Å². The highest BCUT2D eigenvalue weighted by Crippen LogP contribution is 2.41. The maximum Gasteiger partial charge on any atom is 0.338 e. The van der Waals surface area contributed by atoms with Crippen molar-refractivity contribution in [1.82, 2.24) is 4.90 Å². The van der Waals surface area contributed by atoms with Crippen LogP contribution in [0.2, 0.25) is 0 Å². The Kier molecular flexibility index (Phi) is 6.78. The maximum absolute atomic E-state index is 12.7. The highest BCUT2D eigenvalue weighted by Gasteiger charge is 2.38. The van der Waals surface area contributed by atoms with E-state index < -0.39 is 0 Å². The van der Waals surface area contributed by atoms with Gasteiger partial charge in [-0.05, 0) is 37.0 Å². The number of carbonyl (C=O) groups excluding carboxylic acids is 2. The number of hydrogen-bond donors (Lipinski definition) is 1. The van der Waals surface area contributed by atoms with Crippen LogP contribution in [-0.4, -0.2) is 41.4 Å². The predicted molar refractivity (Wildman–Crippen MR) is 113 cm³/mol. The first kappa shape index (κ1) is 20.5. The SMILES string of the molecule is CCCC(=O)Nc1cccc([C@@H]2C(C(=O)OC)=C(CC)N=C3SCCCN32)c1. The van der Waals surface area contributed by atoms with Crippen LogP contribution in [0, 0.1) is 0 Å². The summed E-state index contributed by atoms with van der Waals surface area (Å²) in [7, 11) is 1.41. The van der Waals surface area contributed by atoms with Crippen LogP contribution in [0.3, 0.4) is 0 Å². The van der Waals surface area contributed by atoms with Crippen LogP contribution in [0.15, 0.2) is 40.5 Å². The molecule has 150 valence electrons. The Morgan fingerprint density at radius 2 is 2.18 bits per heavy atom. The molecule has 1 saturated heterocycles. The van der Waals surface area contributed by atoms with Gasteiger partial charge in [-0.3, -0.25) is 4.79 Å². The zero-order valence-corrected chi connectivity index (χ0v) is 17.5. The van der Waals surface area contributed by atoms with Gasteiger partial charge in [0.15, 0.2) is 5.17 Å². The predicted octanol–water partition coefficient (Wildman–Crippen LogP) is 4.11. The van der Waals surface area contributed by atoms with Crippen molar-refractivity contribution in [2.45, 2.75) is 45.6 Å². The Balaban J connectivity index is 2.03. The molecule has 1 N–H and O–H groups in total. The van der Waals surface area contributed by atoms with E-state index in [2.05, 4.69) is 10.2 Å². The molecule has 6 nitrogen and oxygen atoms in total. The molecule has 2 heterocycles. The summed E-state index contributed by atoms with van der Waals surface area (Å²) >= 11 is 1.73. The summed E-state index contributed by atoms with van der Waals surface area (Å²) in [5.74, 6) is 0.678. The molecule has 2 aliphatic rings. The molecule has 7 heteroatoms. The van der Waals surface area contributed by atoms with Crippen LogP contribution in [0.5, 0.6) is 0 Å². The number of carbonyl (C=O) groups is 2. The Bertz CT molecular complexity index is 819. The number of thioether (sulfide) groups is 1. The van der Waals surface area contributed by atoms with Crippen molar-refractivity contribution in [3.05, 3.63) is 41.1 Å². The Morgan fingerprint density at radius 3 is 2.89 bits per heavy atom. The smallest absolute Gasteiger partial charge is 0.338 e. The highest BCUT2D eigenvalue weighted by molar-refractivity contribution is 8.13. The molecule has 2 aliphatic heterocycles. The fraction of sp³-hybridized carbons (Fsp3) is 0.476. The van der Waals surface area contributed by atoms with E-state index in [-0.39, 0.29) is 17.9 Å². The Morgan fingerprint density at radius 1 is 1.36 bits per heavy atom. The Labute approximate surface area is 170 Å². The zero-order valence-electron chi connectivity index (χ0n) is 16.7. The topological polar surface area (TPSA) is 71.0 Å². The average Bonchev–Trinajstić information content (AvgIpc) is 2.72. The van der Waals surface area contributed by atoms with Crippen molar-refractivity contribution in [1.29, 1.82) is 0 Å². The summed E-state index contributed by atoms with van der Waals surface area (Å²) in [6.45, 7) is 4.82. The number of nitrogens with zero attached hydrogens (tertiary/aromatic N) is 2. The first-order valence-electron chi connectivity index (χ1n) is 9.78. The molecule has 1 amide bonds. The number of aliphatic imine (C=N–C) groups is 1. The summed E-state index contributed by atoms with van der Waals surface area (Å²) in [6, 6.07) is 7.49. The number of rotatable bonds is 6. The van der Waals surface area contributed by atoms with Gasteiger partial charge in [-0.1, -0.05) is 37.7 Å². The number of anilines is 1. The van der Waals surface area contributed by atoms with Gasteiger partial charge in [0.1, 0.15) is 0 Å². The van der Waals surface area contributed by atoms with E-state index in [4.69, 9.17) is 9.73 Å². The molecule has 28 heavy (non-hydrogen) atoms. The molecule has 0 aliphatic carbocycles. The summed E-state index contributed by atoms with van der Waals surface area (Å²) in [4.78, 5) is 31.7. The van der Waals surface area contributed by atoms with Gasteiger partial charge >= 0.3 is 5.97 Å². The lowest BCUT2D eigenvalue weighted by Gasteiger charge is -2.40. The van der Waals surface area contributed by atoms with Gasteiger partial charge in [-0.25, -0.2) is 9.79 Å². The Hall–Kier alpha value is -2.28. The van der Waals surface area contributed by atoms with E-state index in [9.17, 15) is 9.59 Å². The van der Waals surface area contributed by atoms with E-state index in [0.29, 0.717) is 18.4 Å². The largest absolute Gasteiger partial charge is 0.466 e. The van der Waals surface area contributed by atoms with Crippen LogP contribution in [0.25, 0.3) is 0 Å². The quantitative estimate of drug-likeness (QED) is 0.726. The second kappa shape index (κ2) is 9.28. The summed E-state index contributed by atoms with van der Waals surface area (Å²) in [5.41, 5.74) is 3.06. The second-order valence-corrected chi connectivity index (χ2v) is 7.88. The number of ether oxygens (including phenoxy) is 1. The molecule has 0 unspecified atom stereocenters. The van der Waals surface area contributed by atoms with Crippen molar-refractivity contribution in [2.24, 2.45) is 4.99 Å². The van der Waals surface area contributed by atoms with Crippen LogP contribution in [0.1, 0.15) is 51.1 Å². The van der Waals surface area contributed by atoms with Gasteiger partial charge in [-0.15, -0.1) is 0 Å². The first-order chi connectivity index (χ1) is 13.6. The summed E-state index contributed by atoms with van der Waals surface area (Å²) in [5, 5.41) is 3.91. The van der Waals surface area contributed by atoms with E-state index in [1.807, 2.05) is 38.1 Å². The van der Waals surface area contributed by atoms with Crippen molar-refractivity contribution >= 4 is 34.5 Å². The maximum atomic E-state index is 12.7. The molecule has 3 rings (SSSR count). The normalized spacial score (nSPS) is 19.0. The van der Waals surface area contributed by atoms with E-state index >= 15 is 0 Å². The van der Waals surface area contributed by atoms with Gasteiger partial charge in [-0.2, -0.15) is 0 Å². The van der Waals surface area contributed by atoms with Crippen LogP contribution in [0.4, 0.5) is 5.69 Å². The molecule has 0 radical (unpaired) electrons. The second-order valence-electron chi connectivity index (χ2n) is 6.82. The van der Waals surface area contributed by atoms with Crippen LogP contribution < -0.4 is 5.32 Å². The molecule has 0 aromatic heterocycles. The van der Waals surface area contributed by atoms with Gasteiger partial charge in [0.2, 0.25) is 5.91 Å². The molecule has 0 saturated carbocycles. The molecule has 1 atom stereocenters. The lowest BCUT2D eigenvalue weighted by Crippen LogP contribution is -2.42. The van der Waals surface area contributed by atoms with Gasteiger partial charge in [0.05, 0.1) is 24.4 Å². The fourth-order valence-electron chi connectivity index (χ4n) is 3.59. The standard InChI is InChI=1S/C21H27N3O3S/c1-4-8-17(25)22-15-10-6-9-14(13-15)19-18(20(26)27-3)16(5-2)23-21-24(19)11-7-12-28-21/h6,9-10,13,19H,4-5,7-8,11-12H2,1-3H3,(H,22,25)/t19-/m1/s1. The summed E-state index contributed by atoms with van der Waals surface area (Å²) in [6.07, 6.45) is 2.98. The van der Waals surface area contributed by atoms with Gasteiger partial charge in [0, 0.05) is 24.4 Å². The van der Waals surface area contributed by atoms with E-state index in [1.54, 1.807) is 11.8 Å². The lowest BCUT2D eigenvalue weighted by atomic mass is 9.93. The number of allylic oxidation sites excluding steroid dienone is 1. The number of esters is 1. The number of amides is 1. The third kappa shape index (κ3) is 4.24. The van der Waals surface area contributed by atoms with E-state index in [0.717, 1.165) is 47.3 Å².